The molecule has 3 heterocycles. The van der Waals surface area contributed by atoms with Crippen LogP contribution in [-0.2, 0) is 0 Å². The Morgan fingerprint density at radius 2 is 1.57 bits per heavy atom. The highest BCUT2D eigenvalue weighted by molar-refractivity contribution is 6.08. The van der Waals surface area contributed by atoms with E-state index in [9.17, 15) is 4.79 Å². The molecule has 5 rings (SSSR count). The Balaban J connectivity index is 1.72. The van der Waals surface area contributed by atoms with E-state index in [4.69, 9.17) is 16.5 Å². The zero-order valence-electron chi connectivity index (χ0n) is 15.9. The largest absolute Gasteiger partial charge is 0.370 e. The summed E-state index contributed by atoms with van der Waals surface area (Å²) in [5.41, 5.74) is 15.3. The van der Waals surface area contributed by atoms with Gasteiger partial charge in [0.25, 0.3) is 0 Å². The van der Waals surface area contributed by atoms with Gasteiger partial charge in [0.05, 0.1) is 22.4 Å². The molecule has 0 amide bonds. The molecule has 28 heavy (non-hydrogen) atoms. The van der Waals surface area contributed by atoms with Gasteiger partial charge in [-0.25, -0.2) is 9.79 Å². The monoisotopic (exact) mass is 382 g/mol. The van der Waals surface area contributed by atoms with E-state index in [-0.39, 0.29) is 11.6 Å². The number of hydrogen-bond acceptors (Lipinski definition) is 7. The van der Waals surface area contributed by atoms with Crippen LogP contribution in [0.5, 0.6) is 0 Å². The van der Waals surface area contributed by atoms with Gasteiger partial charge in [-0.1, -0.05) is 6.42 Å². The first kappa shape index (κ1) is 17.2. The summed E-state index contributed by atoms with van der Waals surface area (Å²) in [5.74, 6) is 0.613. The minimum Gasteiger partial charge on any atom is -0.370 e. The van der Waals surface area contributed by atoms with E-state index in [1.165, 1.54) is 6.42 Å². The molecule has 1 aromatic heterocycles. The normalized spacial score (nSPS) is 22.0. The van der Waals surface area contributed by atoms with Crippen LogP contribution in [-0.4, -0.2) is 40.6 Å². The van der Waals surface area contributed by atoms with Crippen molar-refractivity contribution in [2.24, 2.45) is 21.5 Å². The zero-order chi connectivity index (χ0) is 19.3. The van der Waals surface area contributed by atoms with Crippen LogP contribution in [0.4, 0.5) is 11.4 Å². The van der Waals surface area contributed by atoms with Crippen LogP contribution in [0.1, 0.15) is 44.9 Å². The first-order chi connectivity index (χ1) is 13.6. The SMILES string of the molecule is NC1=NC2(CCCCC2)N(c2cc3[nH]c(=O)[nH]c3cc2N2CCCC2)C(N)=N1. The van der Waals surface area contributed by atoms with E-state index in [0.717, 1.165) is 74.0 Å². The van der Waals surface area contributed by atoms with Gasteiger partial charge in [0.2, 0.25) is 11.9 Å². The first-order valence-corrected chi connectivity index (χ1v) is 10.1. The fraction of sp³-hybridized carbons (Fsp3) is 0.526. The van der Waals surface area contributed by atoms with Crippen molar-refractivity contribution in [1.29, 1.82) is 0 Å². The summed E-state index contributed by atoms with van der Waals surface area (Å²) >= 11 is 0. The molecule has 1 saturated carbocycles. The second kappa shape index (κ2) is 6.29. The summed E-state index contributed by atoms with van der Waals surface area (Å²) in [4.78, 5) is 31.1. The average molecular weight is 382 g/mol. The summed E-state index contributed by atoms with van der Waals surface area (Å²) in [5, 5.41) is 0. The molecular weight excluding hydrogens is 356 g/mol. The summed E-state index contributed by atoms with van der Waals surface area (Å²) in [6.45, 7) is 1.97. The van der Waals surface area contributed by atoms with Crippen molar-refractivity contribution in [3.05, 3.63) is 22.6 Å². The molecule has 2 aliphatic heterocycles. The molecule has 9 nitrogen and oxygen atoms in total. The van der Waals surface area contributed by atoms with Crippen molar-refractivity contribution in [2.45, 2.75) is 50.6 Å². The number of rotatable bonds is 2. The maximum Gasteiger partial charge on any atom is 0.323 e. The van der Waals surface area contributed by atoms with Crippen LogP contribution in [0.25, 0.3) is 11.0 Å². The van der Waals surface area contributed by atoms with Gasteiger partial charge in [-0.2, -0.15) is 4.99 Å². The fourth-order valence-corrected chi connectivity index (χ4v) is 4.92. The molecule has 0 radical (unpaired) electrons. The van der Waals surface area contributed by atoms with Crippen LogP contribution in [0.15, 0.2) is 26.9 Å². The third-order valence-corrected chi connectivity index (χ3v) is 6.15. The van der Waals surface area contributed by atoms with E-state index in [2.05, 4.69) is 24.8 Å². The number of nitrogens with two attached hydrogens (primary N) is 2. The highest BCUT2D eigenvalue weighted by Gasteiger charge is 2.44. The molecule has 1 spiro atoms. The first-order valence-electron chi connectivity index (χ1n) is 10.1. The number of hydrogen-bond donors (Lipinski definition) is 4. The standard InChI is InChI=1S/C19H26N8O/c20-16-24-17(21)27(19(25-16)6-2-1-3-7-19)15-11-13-12(22-18(28)23-13)10-14(15)26-8-4-5-9-26/h10-11H,1-9H2,(H2,22,23,28)(H4,20,21,24,25). The molecule has 0 bridgehead atoms. The van der Waals surface area contributed by atoms with Gasteiger partial charge in [0, 0.05) is 13.1 Å². The number of nitrogens with one attached hydrogen (secondary N) is 2. The lowest BCUT2D eigenvalue weighted by Gasteiger charge is -2.46. The molecule has 9 heteroatoms. The van der Waals surface area contributed by atoms with Crippen LogP contribution in [0, 0.1) is 0 Å². The third kappa shape index (κ3) is 2.64. The van der Waals surface area contributed by atoms with Crippen molar-refractivity contribution in [3.8, 4) is 0 Å². The zero-order valence-corrected chi connectivity index (χ0v) is 15.9. The number of aromatic amines is 2. The molecule has 6 N–H and O–H groups in total. The lowest BCUT2D eigenvalue weighted by atomic mass is 9.87. The minimum atomic E-state index is -0.507. The van der Waals surface area contributed by atoms with Gasteiger partial charge in [0.1, 0.15) is 5.66 Å². The molecule has 2 fully saturated rings. The molecule has 1 aliphatic carbocycles. The Hall–Kier alpha value is -2.97. The number of H-pyrrole nitrogens is 2. The van der Waals surface area contributed by atoms with Crippen molar-refractivity contribution in [1.82, 2.24) is 9.97 Å². The summed E-state index contributed by atoms with van der Waals surface area (Å²) in [7, 11) is 0. The van der Waals surface area contributed by atoms with Crippen molar-refractivity contribution in [2.75, 3.05) is 22.9 Å². The van der Waals surface area contributed by atoms with E-state index in [1.807, 2.05) is 12.1 Å². The average Bonchev–Trinajstić information content (AvgIpc) is 3.29. The number of nitrogens with zero attached hydrogens (tertiary/aromatic N) is 4. The van der Waals surface area contributed by atoms with Gasteiger partial charge >= 0.3 is 5.69 Å². The molecule has 1 aromatic carbocycles. The Labute approximate surface area is 162 Å². The quantitative estimate of drug-likeness (QED) is 0.626. The van der Waals surface area contributed by atoms with E-state index in [0.29, 0.717) is 5.96 Å². The predicted molar refractivity (Wildman–Crippen MR) is 112 cm³/mol. The second-order valence-electron chi connectivity index (χ2n) is 7.98. The van der Waals surface area contributed by atoms with E-state index >= 15 is 0 Å². The number of fused-ring (bicyclic) bond motifs is 1. The maximum atomic E-state index is 11.9. The summed E-state index contributed by atoms with van der Waals surface area (Å²) in [6, 6.07) is 4.04. The fourth-order valence-electron chi connectivity index (χ4n) is 4.92. The molecule has 3 aliphatic rings. The number of benzene rings is 1. The molecule has 0 unspecified atom stereocenters. The number of guanidine groups is 2. The van der Waals surface area contributed by atoms with Gasteiger partial charge < -0.3 is 26.3 Å². The lowest BCUT2D eigenvalue weighted by molar-refractivity contribution is 0.305. The Morgan fingerprint density at radius 3 is 2.25 bits per heavy atom. The Bertz CT molecular complexity index is 1020. The van der Waals surface area contributed by atoms with Gasteiger partial charge in [-0.05, 0) is 50.7 Å². The third-order valence-electron chi connectivity index (χ3n) is 6.15. The molecule has 148 valence electrons. The number of anilines is 2. The molecule has 2 aromatic rings. The van der Waals surface area contributed by atoms with E-state index in [1.54, 1.807) is 0 Å². The topological polar surface area (TPSA) is 132 Å². The number of aliphatic imine (C=N–C) groups is 2. The van der Waals surface area contributed by atoms with E-state index < -0.39 is 5.66 Å². The predicted octanol–water partition coefficient (Wildman–Crippen LogP) is 1.57. The molecule has 1 saturated heterocycles. The van der Waals surface area contributed by atoms with Crippen molar-refractivity contribution >= 4 is 34.3 Å². The maximum absolute atomic E-state index is 11.9. The number of imidazole rings is 1. The van der Waals surface area contributed by atoms with Gasteiger partial charge in [0.15, 0.2) is 0 Å². The lowest BCUT2D eigenvalue weighted by Crippen LogP contribution is -2.58. The highest BCUT2D eigenvalue weighted by Crippen LogP contribution is 2.44. The van der Waals surface area contributed by atoms with Crippen molar-refractivity contribution in [3.63, 3.8) is 0 Å². The Kier molecular flexibility index (Phi) is 3.85. The van der Waals surface area contributed by atoms with Crippen LogP contribution < -0.4 is 27.0 Å². The summed E-state index contributed by atoms with van der Waals surface area (Å²) in [6.07, 6.45) is 7.40. The van der Waals surface area contributed by atoms with Gasteiger partial charge in [-0.3, -0.25) is 4.90 Å². The highest BCUT2D eigenvalue weighted by atomic mass is 16.1. The molecule has 0 atom stereocenters. The van der Waals surface area contributed by atoms with Gasteiger partial charge in [-0.15, -0.1) is 0 Å². The molecular formula is C19H26N8O. The minimum absolute atomic E-state index is 0.213. The van der Waals surface area contributed by atoms with Crippen LogP contribution in [0.3, 0.4) is 0 Å². The second-order valence-corrected chi connectivity index (χ2v) is 7.98. The van der Waals surface area contributed by atoms with Crippen LogP contribution >= 0.6 is 0 Å². The smallest absolute Gasteiger partial charge is 0.323 e. The van der Waals surface area contributed by atoms with Crippen LogP contribution in [0.2, 0.25) is 0 Å². The summed E-state index contributed by atoms with van der Waals surface area (Å²) < 4.78 is 0. The Morgan fingerprint density at radius 1 is 0.929 bits per heavy atom. The number of aromatic nitrogens is 2. The van der Waals surface area contributed by atoms with Crippen molar-refractivity contribution < 1.29 is 0 Å².